The number of aryl methyl sites for hydroxylation is 1. The summed E-state index contributed by atoms with van der Waals surface area (Å²) in [6.45, 7) is 3.96. The Hall–Kier alpha value is -1.68. The van der Waals surface area contributed by atoms with Gasteiger partial charge in [0.05, 0.1) is 11.6 Å². The maximum Gasteiger partial charge on any atom is 0.252 e. The molecular weight excluding hydrogens is 232 g/mol. The second-order valence-corrected chi connectivity index (χ2v) is 5.04. The third-order valence-corrected chi connectivity index (χ3v) is 3.41. The van der Waals surface area contributed by atoms with Gasteiger partial charge >= 0.3 is 0 Å². The molecule has 2 heterocycles. The Morgan fingerprint density at radius 2 is 2.12 bits per heavy atom. The summed E-state index contributed by atoms with van der Waals surface area (Å²) in [6, 6.07) is 5.71. The largest absolute Gasteiger partial charge is 0.345 e. The van der Waals surface area contributed by atoms with Crippen LogP contribution >= 0.6 is 11.3 Å². The van der Waals surface area contributed by atoms with Gasteiger partial charge in [-0.05, 0) is 37.6 Å². The maximum absolute atomic E-state index is 11.9. The Kier molecular flexibility index (Phi) is 3.54. The predicted octanol–water partition coefficient (Wildman–Crippen LogP) is 2.94. The molecule has 3 nitrogen and oxygen atoms in total. The average Bonchev–Trinajstić information content (AvgIpc) is 2.77. The quantitative estimate of drug-likeness (QED) is 0.904. The lowest BCUT2D eigenvalue weighted by Gasteiger charge is -2.13. The molecule has 4 heteroatoms. The van der Waals surface area contributed by atoms with Crippen LogP contribution in [0.5, 0.6) is 0 Å². The number of carbonyl (C=O) groups excluding carboxylic acids is 1. The van der Waals surface area contributed by atoms with Gasteiger partial charge in [0.2, 0.25) is 0 Å². The smallest absolute Gasteiger partial charge is 0.252 e. The number of rotatable bonds is 3. The lowest BCUT2D eigenvalue weighted by Crippen LogP contribution is -2.26. The summed E-state index contributed by atoms with van der Waals surface area (Å²) in [5, 5.41) is 4.84. The molecule has 88 valence electrons. The summed E-state index contributed by atoms with van der Waals surface area (Å²) in [7, 11) is 0. The number of aromatic nitrogens is 1. The Morgan fingerprint density at radius 1 is 1.41 bits per heavy atom. The number of pyridine rings is 1. The summed E-state index contributed by atoms with van der Waals surface area (Å²) in [5.41, 5.74) is 1.79. The Balaban J connectivity index is 2.04. The molecule has 1 N–H and O–H groups in total. The molecule has 0 fully saturated rings. The van der Waals surface area contributed by atoms with E-state index in [1.807, 2.05) is 37.4 Å². The van der Waals surface area contributed by atoms with Gasteiger partial charge in [0, 0.05) is 22.7 Å². The van der Waals surface area contributed by atoms with Crippen LogP contribution in [0.2, 0.25) is 0 Å². The van der Waals surface area contributed by atoms with Crippen LogP contribution in [0.3, 0.4) is 0 Å². The first-order chi connectivity index (χ1) is 8.16. The minimum absolute atomic E-state index is 0.00861. The summed E-state index contributed by atoms with van der Waals surface area (Å²) in [5.74, 6) is -0.0290. The minimum atomic E-state index is -0.0290. The molecule has 2 aromatic heterocycles. The Bertz CT molecular complexity index is 507. The zero-order chi connectivity index (χ0) is 12.3. The van der Waals surface area contributed by atoms with E-state index >= 15 is 0 Å². The van der Waals surface area contributed by atoms with Gasteiger partial charge in [0.25, 0.3) is 5.91 Å². The van der Waals surface area contributed by atoms with E-state index in [0.717, 1.165) is 16.0 Å². The summed E-state index contributed by atoms with van der Waals surface area (Å²) in [4.78, 5) is 17.0. The summed E-state index contributed by atoms with van der Waals surface area (Å²) >= 11 is 1.58. The fourth-order valence-corrected chi connectivity index (χ4v) is 2.26. The van der Waals surface area contributed by atoms with Crippen molar-refractivity contribution < 1.29 is 4.79 Å². The third-order valence-electron chi connectivity index (χ3n) is 2.55. The van der Waals surface area contributed by atoms with Crippen molar-refractivity contribution in [2.45, 2.75) is 19.9 Å². The van der Waals surface area contributed by atoms with Crippen LogP contribution in [0.25, 0.3) is 0 Å². The van der Waals surface area contributed by atoms with Gasteiger partial charge in [-0.25, -0.2) is 0 Å². The highest BCUT2D eigenvalue weighted by Gasteiger charge is 2.11. The molecule has 1 amide bonds. The molecule has 17 heavy (non-hydrogen) atoms. The monoisotopic (exact) mass is 246 g/mol. The number of thiophene rings is 1. The van der Waals surface area contributed by atoms with Crippen LogP contribution in [0.1, 0.15) is 33.8 Å². The van der Waals surface area contributed by atoms with Crippen LogP contribution < -0.4 is 5.32 Å². The highest BCUT2D eigenvalue weighted by Crippen LogP contribution is 2.15. The number of nitrogens with zero attached hydrogens (tertiary/aromatic N) is 1. The van der Waals surface area contributed by atoms with Gasteiger partial charge in [0.1, 0.15) is 0 Å². The van der Waals surface area contributed by atoms with Crippen molar-refractivity contribution in [3.05, 3.63) is 52.0 Å². The van der Waals surface area contributed by atoms with Crippen molar-refractivity contribution in [1.82, 2.24) is 10.3 Å². The zero-order valence-electron chi connectivity index (χ0n) is 9.81. The van der Waals surface area contributed by atoms with E-state index in [4.69, 9.17) is 0 Å². The molecule has 0 aromatic carbocycles. The van der Waals surface area contributed by atoms with Crippen LogP contribution in [-0.2, 0) is 0 Å². The van der Waals surface area contributed by atoms with Crippen LogP contribution in [0.15, 0.2) is 36.0 Å². The van der Waals surface area contributed by atoms with Gasteiger partial charge in [-0.3, -0.25) is 9.78 Å². The van der Waals surface area contributed by atoms with Crippen LogP contribution in [-0.4, -0.2) is 10.9 Å². The summed E-state index contributed by atoms with van der Waals surface area (Å²) in [6.07, 6.45) is 3.46. The lowest BCUT2D eigenvalue weighted by molar-refractivity contribution is 0.0940. The second-order valence-electron chi connectivity index (χ2n) is 3.92. The standard InChI is InChI=1S/C13H14N2OS/c1-9-7-12(8-17-9)13(16)15-10(2)11-3-5-14-6-4-11/h3-8,10H,1-2H3,(H,15,16)/t10-/m1/s1. The van der Waals surface area contributed by atoms with Gasteiger partial charge < -0.3 is 5.32 Å². The molecule has 1 atom stereocenters. The SMILES string of the molecule is Cc1cc(C(=O)N[C@H](C)c2ccncc2)cs1. The van der Waals surface area contributed by atoms with Crippen molar-refractivity contribution in [3.8, 4) is 0 Å². The topological polar surface area (TPSA) is 42.0 Å². The van der Waals surface area contributed by atoms with Gasteiger partial charge in [-0.15, -0.1) is 11.3 Å². The fraction of sp³-hybridized carbons (Fsp3) is 0.231. The van der Waals surface area contributed by atoms with Gasteiger partial charge in [-0.1, -0.05) is 0 Å². The van der Waals surface area contributed by atoms with Gasteiger partial charge in [-0.2, -0.15) is 0 Å². The average molecular weight is 246 g/mol. The van der Waals surface area contributed by atoms with E-state index < -0.39 is 0 Å². The predicted molar refractivity (Wildman–Crippen MR) is 69.2 cm³/mol. The van der Waals surface area contributed by atoms with Crippen molar-refractivity contribution in [3.63, 3.8) is 0 Å². The minimum Gasteiger partial charge on any atom is -0.345 e. The fourth-order valence-electron chi connectivity index (χ4n) is 1.58. The number of amides is 1. The molecule has 0 aliphatic rings. The van der Waals surface area contributed by atoms with Crippen molar-refractivity contribution in [2.24, 2.45) is 0 Å². The Labute approximate surface area is 105 Å². The molecule has 0 saturated carbocycles. The Morgan fingerprint density at radius 3 is 2.71 bits per heavy atom. The van der Waals surface area contributed by atoms with E-state index in [-0.39, 0.29) is 11.9 Å². The molecular formula is C13H14N2OS. The molecule has 0 spiro atoms. The molecule has 0 aliphatic carbocycles. The van der Waals surface area contributed by atoms with Crippen LogP contribution in [0, 0.1) is 6.92 Å². The molecule has 0 bridgehead atoms. The number of nitrogens with one attached hydrogen (secondary N) is 1. The van der Waals surface area contributed by atoms with E-state index in [1.54, 1.807) is 23.7 Å². The number of hydrogen-bond donors (Lipinski definition) is 1. The van der Waals surface area contributed by atoms with E-state index in [0.29, 0.717) is 0 Å². The van der Waals surface area contributed by atoms with Crippen molar-refractivity contribution >= 4 is 17.2 Å². The van der Waals surface area contributed by atoms with E-state index in [9.17, 15) is 4.79 Å². The van der Waals surface area contributed by atoms with Crippen molar-refractivity contribution in [1.29, 1.82) is 0 Å². The first-order valence-corrected chi connectivity index (χ1v) is 6.30. The molecule has 0 aliphatic heterocycles. The number of carbonyl (C=O) groups is 1. The third kappa shape index (κ3) is 2.91. The molecule has 2 rings (SSSR count). The highest BCUT2D eigenvalue weighted by atomic mass is 32.1. The van der Waals surface area contributed by atoms with Gasteiger partial charge in [0.15, 0.2) is 0 Å². The highest BCUT2D eigenvalue weighted by molar-refractivity contribution is 7.10. The number of hydrogen-bond acceptors (Lipinski definition) is 3. The van der Waals surface area contributed by atoms with Crippen LogP contribution in [0.4, 0.5) is 0 Å². The molecule has 0 saturated heterocycles. The summed E-state index contributed by atoms with van der Waals surface area (Å²) < 4.78 is 0. The van der Waals surface area contributed by atoms with E-state index in [1.165, 1.54) is 0 Å². The zero-order valence-corrected chi connectivity index (χ0v) is 10.6. The first-order valence-electron chi connectivity index (χ1n) is 5.43. The molecule has 2 aromatic rings. The van der Waals surface area contributed by atoms with Crippen molar-refractivity contribution in [2.75, 3.05) is 0 Å². The molecule has 0 radical (unpaired) electrons. The normalized spacial score (nSPS) is 12.1. The first kappa shape index (κ1) is 11.8. The maximum atomic E-state index is 11.9. The second kappa shape index (κ2) is 5.10. The van der Waals surface area contributed by atoms with E-state index in [2.05, 4.69) is 10.3 Å². The lowest BCUT2D eigenvalue weighted by atomic mass is 10.1. The molecule has 0 unspecified atom stereocenters.